The van der Waals surface area contributed by atoms with Crippen LogP contribution < -0.4 is 25.4 Å². The summed E-state index contributed by atoms with van der Waals surface area (Å²) in [5, 5.41) is 16.2. The zero-order valence-corrected chi connectivity index (χ0v) is 31.3. The fourth-order valence-electron chi connectivity index (χ4n) is 6.58. The number of anilines is 1. The number of hydrogen-bond donors (Lipinski definition) is 5. The first kappa shape index (κ1) is 40.4. The first-order valence-electron chi connectivity index (χ1n) is 17.9. The summed E-state index contributed by atoms with van der Waals surface area (Å²) in [6, 6.07) is 3.24. The second kappa shape index (κ2) is 17.0. The third kappa shape index (κ3) is 10.4. The molecule has 5 N–H and O–H groups in total. The molecule has 1 aromatic carbocycles. The van der Waals surface area contributed by atoms with E-state index in [0.29, 0.717) is 43.5 Å². The highest BCUT2D eigenvalue weighted by molar-refractivity contribution is 7.91. The number of rotatable bonds is 18. The maximum atomic E-state index is 13.9. The Hall–Kier alpha value is -4.34. The third-order valence-electron chi connectivity index (χ3n) is 9.82. The quantitative estimate of drug-likeness (QED) is 0.107. The van der Waals surface area contributed by atoms with Gasteiger partial charge in [-0.05, 0) is 80.5 Å². The first-order chi connectivity index (χ1) is 24.5. The smallest absolute Gasteiger partial charge is 0.409 e. The maximum Gasteiger partial charge on any atom is 0.409 e. The Balaban J connectivity index is 1.23. The van der Waals surface area contributed by atoms with Gasteiger partial charge in [-0.3, -0.25) is 24.4 Å². The highest BCUT2D eigenvalue weighted by atomic mass is 32.2. The second-order valence-electron chi connectivity index (χ2n) is 14.9. The number of carbonyl (C=O) groups is 5. The molecule has 0 aromatic heterocycles. The van der Waals surface area contributed by atoms with Crippen molar-refractivity contribution in [3.05, 3.63) is 36.4 Å². The van der Waals surface area contributed by atoms with Crippen molar-refractivity contribution in [3.8, 4) is 5.75 Å². The van der Waals surface area contributed by atoms with Crippen molar-refractivity contribution in [1.29, 1.82) is 0 Å². The van der Waals surface area contributed by atoms with E-state index < -0.39 is 74.1 Å². The average Bonchev–Trinajstić information content (AvgIpc) is 4.00. The number of unbranched alkanes of at least 4 members (excludes halogenated alkanes) is 4. The molecule has 1 saturated heterocycles. The summed E-state index contributed by atoms with van der Waals surface area (Å²) in [5.41, 5.74) is -0.789. The van der Waals surface area contributed by atoms with E-state index in [-0.39, 0.29) is 19.6 Å². The molecule has 16 heteroatoms. The molecule has 3 fully saturated rings. The number of benzene rings is 1. The molecule has 5 amide bonds. The van der Waals surface area contributed by atoms with E-state index in [1.165, 1.54) is 11.0 Å². The number of likely N-dealkylation sites (tertiary alicyclic amines) is 1. The number of carboxylic acid groups (broad SMARTS) is 1. The van der Waals surface area contributed by atoms with Crippen LogP contribution in [0, 0.1) is 11.3 Å². The molecule has 1 aliphatic heterocycles. The Morgan fingerprint density at radius 1 is 1.08 bits per heavy atom. The molecule has 0 radical (unpaired) electrons. The van der Waals surface area contributed by atoms with Gasteiger partial charge in [0.05, 0.1) is 19.0 Å². The Morgan fingerprint density at radius 3 is 2.38 bits per heavy atom. The van der Waals surface area contributed by atoms with Crippen LogP contribution in [-0.4, -0.2) is 91.5 Å². The lowest BCUT2D eigenvalue weighted by atomic mass is 9.85. The van der Waals surface area contributed by atoms with Gasteiger partial charge in [0.15, 0.2) is 0 Å². The number of aryl methyl sites for hydroxylation is 1. The van der Waals surface area contributed by atoms with E-state index in [0.717, 1.165) is 37.7 Å². The molecule has 288 valence electrons. The van der Waals surface area contributed by atoms with Crippen LogP contribution in [-0.2, 0) is 35.6 Å². The van der Waals surface area contributed by atoms with Gasteiger partial charge in [0.2, 0.25) is 21.8 Å². The van der Waals surface area contributed by atoms with E-state index in [9.17, 15) is 32.4 Å². The highest BCUT2D eigenvalue weighted by Gasteiger charge is 2.61. The summed E-state index contributed by atoms with van der Waals surface area (Å²) in [6.07, 6.45) is 6.51. The van der Waals surface area contributed by atoms with Crippen molar-refractivity contribution in [3.63, 3.8) is 0 Å². The van der Waals surface area contributed by atoms with Crippen molar-refractivity contribution in [2.24, 2.45) is 11.3 Å². The van der Waals surface area contributed by atoms with E-state index in [1.54, 1.807) is 46.1 Å². The number of carbonyl (C=O) groups excluding carboxylic acids is 4. The Morgan fingerprint density at radius 2 is 1.77 bits per heavy atom. The largest absolute Gasteiger partial charge is 0.496 e. The van der Waals surface area contributed by atoms with Gasteiger partial charge in [-0.1, -0.05) is 46.1 Å². The number of amides is 5. The van der Waals surface area contributed by atoms with Gasteiger partial charge in [0.25, 0.3) is 5.91 Å². The summed E-state index contributed by atoms with van der Waals surface area (Å²) >= 11 is 0. The van der Waals surface area contributed by atoms with Crippen LogP contribution in [0.25, 0.3) is 0 Å². The second-order valence-corrected chi connectivity index (χ2v) is 16.9. The van der Waals surface area contributed by atoms with Crippen LogP contribution in [0.5, 0.6) is 5.75 Å². The predicted molar refractivity (Wildman–Crippen MR) is 193 cm³/mol. The summed E-state index contributed by atoms with van der Waals surface area (Å²) in [4.78, 5) is 65.9. The number of nitrogens with one attached hydrogen (secondary N) is 4. The minimum atomic E-state index is -3.83. The highest BCUT2D eigenvalue weighted by Crippen LogP contribution is 2.45. The number of hydrogen-bond acceptors (Lipinski definition) is 9. The fraction of sp³-hybridized carbons (Fsp3) is 0.639. The topological polar surface area (TPSA) is 210 Å². The molecule has 4 atom stereocenters. The van der Waals surface area contributed by atoms with E-state index >= 15 is 0 Å². The summed E-state index contributed by atoms with van der Waals surface area (Å²) in [7, 11) is -2.26. The third-order valence-corrected chi connectivity index (χ3v) is 11.6. The lowest BCUT2D eigenvalue weighted by molar-refractivity contribution is -0.142. The standard InChI is InChI=1S/C36H53N5O10S/c1-6-24-22-36(24,32(44)40-52(48,49)26-16-17-26)39-30(42)27-14-12-19-41(27)31(43)29(35(2,3)4)38-34(47)51-20-11-9-7-8-10-13-23-21-25(37-33(45)46)15-18-28(23)50-5/h6,15,18,21,24,26-27,29,37H,1,7-14,16-17,19-20,22H2,2-5H3,(H,38,47)(H,39,42)(H,40,44)(H,45,46)/t24-,27+,29-,36-/m1/s1. The predicted octanol–water partition coefficient (Wildman–Crippen LogP) is 4.08. The molecule has 2 saturated carbocycles. The van der Waals surface area contributed by atoms with Gasteiger partial charge in [0, 0.05) is 18.2 Å². The van der Waals surface area contributed by atoms with Gasteiger partial charge in [-0.2, -0.15) is 0 Å². The van der Waals surface area contributed by atoms with Gasteiger partial charge >= 0.3 is 12.2 Å². The van der Waals surface area contributed by atoms with Crippen molar-refractivity contribution < 1.29 is 47.0 Å². The van der Waals surface area contributed by atoms with Gasteiger partial charge in [0.1, 0.15) is 23.4 Å². The Kier molecular flexibility index (Phi) is 13.2. The van der Waals surface area contributed by atoms with Gasteiger partial charge < -0.3 is 30.1 Å². The maximum absolute atomic E-state index is 13.9. The van der Waals surface area contributed by atoms with Crippen molar-refractivity contribution in [1.82, 2.24) is 20.3 Å². The zero-order valence-electron chi connectivity index (χ0n) is 30.5. The summed E-state index contributed by atoms with van der Waals surface area (Å²) in [5.74, 6) is -1.57. The molecule has 3 aliphatic rings. The number of ether oxygens (including phenoxy) is 2. The molecule has 2 aliphatic carbocycles. The molecule has 4 rings (SSSR count). The van der Waals surface area contributed by atoms with E-state index in [4.69, 9.17) is 14.6 Å². The first-order valence-corrected chi connectivity index (χ1v) is 19.5. The van der Waals surface area contributed by atoms with Crippen LogP contribution in [0.15, 0.2) is 30.9 Å². The molecule has 1 aromatic rings. The Bertz CT molecular complexity index is 1620. The summed E-state index contributed by atoms with van der Waals surface area (Å²) in [6.45, 7) is 9.56. The van der Waals surface area contributed by atoms with Gasteiger partial charge in [-0.15, -0.1) is 6.58 Å². The van der Waals surface area contributed by atoms with Crippen LogP contribution in [0.4, 0.5) is 15.3 Å². The molecule has 1 heterocycles. The molecular weight excluding hydrogens is 694 g/mol. The van der Waals surface area contributed by atoms with Crippen molar-refractivity contribution >= 4 is 45.6 Å². The number of methoxy groups -OCH3 is 1. The van der Waals surface area contributed by atoms with Crippen LogP contribution in [0.3, 0.4) is 0 Å². The fourth-order valence-corrected chi connectivity index (χ4v) is 7.95. The molecular formula is C36H53N5O10S. The van der Waals surface area contributed by atoms with Crippen LogP contribution in [0.2, 0.25) is 0 Å². The average molecular weight is 748 g/mol. The molecule has 0 spiro atoms. The van der Waals surface area contributed by atoms with Crippen molar-refractivity contribution in [2.75, 3.05) is 25.6 Å². The SMILES string of the molecule is C=C[C@@H]1C[C@]1(NC(=O)[C@@H]1CCCN1C(=O)[C@@H](NC(=O)OCCCCCCCc1cc(NC(=O)O)ccc1OC)C(C)(C)C)C(=O)NS(=O)(=O)C1CC1. The molecule has 0 unspecified atom stereocenters. The van der Waals surface area contributed by atoms with E-state index in [2.05, 4.69) is 27.3 Å². The van der Waals surface area contributed by atoms with Crippen LogP contribution in [0.1, 0.15) is 90.5 Å². The monoisotopic (exact) mass is 747 g/mol. The minimum absolute atomic E-state index is 0.160. The lowest BCUT2D eigenvalue weighted by Gasteiger charge is -2.35. The lowest BCUT2D eigenvalue weighted by Crippen LogP contribution is -2.60. The van der Waals surface area contributed by atoms with E-state index in [1.807, 2.05) is 0 Å². The van der Waals surface area contributed by atoms with Crippen molar-refractivity contribution in [2.45, 2.75) is 114 Å². The number of alkyl carbamates (subject to hydrolysis) is 1. The molecule has 0 bridgehead atoms. The molecule has 52 heavy (non-hydrogen) atoms. The normalized spacial score (nSPS) is 21.7. The van der Waals surface area contributed by atoms with Gasteiger partial charge in [-0.25, -0.2) is 18.0 Å². The van der Waals surface area contributed by atoms with Crippen LogP contribution >= 0.6 is 0 Å². The molecule has 15 nitrogen and oxygen atoms in total. The minimum Gasteiger partial charge on any atom is -0.496 e. The number of nitrogens with zero attached hydrogens (tertiary/aromatic N) is 1. The Labute approximate surface area is 305 Å². The zero-order chi connectivity index (χ0) is 38.3. The summed E-state index contributed by atoms with van der Waals surface area (Å²) < 4.78 is 37.9. The number of sulfonamides is 1.